The summed E-state index contributed by atoms with van der Waals surface area (Å²) in [5.74, 6) is 0.655. The summed E-state index contributed by atoms with van der Waals surface area (Å²) < 4.78 is 18.0. The molecule has 11 nitrogen and oxygen atoms in total. The predicted molar refractivity (Wildman–Crippen MR) is 171 cm³/mol. The molecule has 0 unspecified atom stereocenters. The van der Waals surface area contributed by atoms with Crippen molar-refractivity contribution in [3.05, 3.63) is 64.7 Å². The van der Waals surface area contributed by atoms with Gasteiger partial charge in [-0.25, -0.2) is 9.78 Å². The first kappa shape index (κ1) is 36.9. The molecular weight excluding hydrogens is 586 g/mol. The zero-order chi connectivity index (χ0) is 32.5. The first-order valence-electron chi connectivity index (χ1n) is 15.0. The number of fused-ring (bicyclic) bond motifs is 1. The van der Waals surface area contributed by atoms with E-state index >= 15 is 0 Å². The van der Waals surface area contributed by atoms with Crippen molar-refractivity contribution in [2.45, 2.75) is 59.7 Å². The van der Waals surface area contributed by atoms with Gasteiger partial charge >= 0.3 is 6.09 Å². The zero-order valence-corrected chi connectivity index (χ0v) is 27.7. The number of aryl methyl sites for hydroxylation is 1. The third-order valence-corrected chi connectivity index (χ3v) is 6.83. The third-order valence-electron chi connectivity index (χ3n) is 6.46. The number of nitrogens with zero attached hydrogens (tertiary/aromatic N) is 4. The molecule has 1 aromatic carbocycles. The third kappa shape index (κ3) is 14.0. The fraction of sp³-hybridized carbons (Fsp3) is 0.562. The summed E-state index contributed by atoms with van der Waals surface area (Å²) in [5, 5.41) is 3.51. The van der Waals surface area contributed by atoms with Crippen molar-refractivity contribution >= 4 is 29.4 Å². The zero-order valence-electron chi connectivity index (χ0n) is 26.9. The SMILES string of the molecule is CC(=O)c1cnc2n1CCN(C(=O)/C=C/CN(C)CCOCCOCCNC(=O)OC(C)(C)C)C2.CCc1ccccc1Cl. The highest BCUT2D eigenvalue weighted by molar-refractivity contribution is 6.31. The van der Waals surface area contributed by atoms with E-state index in [9.17, 15) is 14.4 Å². The second-order valence-electron chi connectivity index (χ2n) is 11.3. The lowest BCUT2D eigenvalue weighted by Gasteiger charge is -2.27. The van der Waals surface area contributed by atoms with Gasteiger partial charge < -0.3 is 33.9 Å². The van der Waals surface area contributed by atoms with Gasteiger partial charge in [0.2, 0.25) is 5.91 Å². The van der Waals surface area contributed by atoms with Crippen LogP contribution in [0.4, 0.5) is 4.79 Å². The highest BCUT2D eigenvalue weighted by atomic mass is 35.5. The average molecular weight is 634 g/mol. The van der Waals surface area contributed by atoms with Crippen LogP contribution >= 0.6 is 11.6 Å². The van der Waals surface area contributed by atoms with Gasteiger partial charge in [0.15, 0.2) is 5.78 Å². The predicted octanol–water partition coefficient (Wildman–Crippen LogP) is 4.38. The lowest BCUT2D eigenvalue weighted by Crippen LogP contribution is -2.38. The smallest absolute Gasteiger partial charge is 0.407 e. The molecule has 1 N–H and O–H groups in total. The van der Waals surface area contributed by atoms with Crippen molar-refractivity contribution in [1.82, 2.24) is 24.7 Å². The molecule has 3 rings (SSSR count). The van der Waals surface area contributed by atoms with Gasteiger partial charge in [0.05, 0.1) is 39.2 Å². The number of alkyl carbamates (subject to hydrolysis) is 1. The van der Waals surface area contributed by atoms with Gasteiger partial charge in [0.25, 0.3) is 0 Å². The Hall–Kier alpha value is -3.25. The molecular formula is C32H48ClN5O6. The summed E-state index contributed by atoms with van der Waals surface area (Å²) in [6, 6.07) is 7.91. The molecule has 0 atom stereocenters. The minimum absolute atomic E-state index is 0.0180. The average Bonchev–Trinajstić information content (AvgIpc) is 3.40. The van der Waals surface area contributed by atoms with E-state index in [4.69, 9.17) is 25.8 Å². The van der Waals surface area contributed by atoms with E-state index in [1.807, 2.05) is 62.7 Å². The molecule has 1 aliphatic heterocycles. The molecule has 2 heterocycles. The standard InChI is InChI=1S/C24H39N5O6.C8H9Cl/c1-19(30)20-17-26-21-18-28(10-11-29(20)21)22(31)7-6-9-27(5)12-14-34-16-15-33-13-8-25-23(32)35-24(2,3)4;1-2-7-5-3-4-6-8(7)9/h6-7,17H,8-16,18H2,1-5H3,(H,25,32);3-6H,2H2,1H3/b7-6+;. The molecule has 0 aliphatic carbocycles. The summed E-state index contributed by atoms with van der Waals surface area (Å²) in [6.07, 6.45) is 5.56. The fourth-order valence-electron chi connectivity index (χ4n) is 4.13. The van der Waals surface area contributed by atoms with Crippen molar-refractivity contribution in [2.75, 3.05) is 59.7 Å². The fourth-order valence-corrected chi connectivity index (χ4v) is 4.40. The van der Waals surface area contributed by atoms with Crippen molar-refractivity contribution in [3.8, 4) is 0 Å². The van der Waals surface area contributed by atoms with Crippen molar-refractivity contribution in [1.29, 1.82) is 0 Å². The molecule has 0 saturated heterocycles. The van der Waals surface area contributed by atoms with Gasteiger partial charge in [-0.2, -0.15) is 0 Å². The van der Waals surface area contributed by atoms with Crippen LogP contribution in [0.2, 0.25) is 5.02 Å². The van der Waals surface area contributed by atoms with Gasteiger partial charge in [0, 0.05) is 50.7 Å². The number of benzene rings is 1. The van der Waals surface area contributed by atoms with Crippen LogP contribution in [0, 0.1) is 0 Å². The van der Waals surface area contributed by atoms with Gasteiger partial charge in [-0.15, -0.1) is 0 Å². The van der Waals surface area contributed by atoms with Crippen molar-refractivity contribution in [3.63, 3.8) is 0 Å². The maximum Gasteiger partial charge on any atom is 0.407 e. The summed E-state index contributed by atoms with van der Waals surface area (Å²) in [4.78, 5) is 43.7. The molecule has 0 bridgehead atoms. The summed E-state index contributed by atoms with van der Waals surface area (Å²) in [6.45, 7) is 14.1. The molecule has 0 radical (unpaired) electrons. The van der Waals surface area contributed by atoms with Crippen LogP contribution in [0.25, 0.3) is 0 Å². The van der Waals surface area contributed by atoms with Gasteiger partial charge in [-0.3, -0.25) is 9.59 Å². The lowest BCUT2D eigenvalue weighted by molar-refractivity contribution is -0.127. The Labute approximate surface area is 266 Å². The largest absolute Gasteiger partial charge is 0.444 e. The number of amides is 2. The summed E-state index contributed by atoms with van der Waals surface area (Å²) >= 11 is 5.82. The topological polar surface area (TPSA) is 115 Å². The molecule has 1 aliphatic rings. The van der Waals surface area contributed by atoms with Gasteiger partial charge in [-0.05, 0) is 45.9 Å². The number of rotatable bonds is 14. The number of ether oxygens (including phenoxy) is 3. The molecule has 12 heteroatoms. The molecule has 0 fully saturated rings. The first-order chi connectivity index (χ1) is 20.9. The minimum atomic E-state index is -0.515. The molecule has 0 saturated carbocycles. The Morgan fingerprint density at radius 3 is 2.43 bits per heavy atom. The Bertz CT molecular complexity index is 1230. The van der Waals surface area contributed by atoms with Crippen LogP contribution in [0.3, 0.4) is 0 Å². The van der Waals surface area contributed by atoms with Gasteiger partial charge in [0.1, 0.15) is 17.1 Å². The quantitative estimate of drug-likeness (QED) is 0.185. The van der Waals surface area contributed by atoms with E-state index in [2.05, 4.69) is 22.1 Å². The highest BCUT2D eigenvalue weighted by Gasteiger charge is 2.23. The maximum atomic E-state index is 12.5. The number of hydrogen-bond acceptors (Lipinski definition) is 8. The van der Waals surface area contributed by atoms with Crippen molar-refractivity contribution < 1.29 is 28.6 Å². The Morgan fingerprint density at radius 1 is 1.09 bits per heavy atom. The first-order valence-corrected chi connectivity index (χ1v) is 15.3. The van der Waals surface area contributed by atoms with Crippen LogP contribution in [-0.4, -0.2) is 102 Å². The normalized spacial score (nSPS) is 13.0. The molecule has 2 amide bonds. The van der Waals surface area contributed by atoms with E-state index in [1.165, 1.54) is 12.5 Å². The molecule has 0 spiro atoms. The van der Waals surface area contributed by atoms with Crippen LogP contribution < -0.4 is 5.32 Å². The summed E-state index contributed by atoms with van der Waals surface area (Å²) in [5.41, 5.74) is 1.30. The molecule has 1 aromatic heterocycles. The van der Waals surface area contributed by atoms with E-state index in [-0.39, 0.29) is 11.7 Å². The van der Waals surface area contributed by atoms with E-state index in [0.29, 0.717) is 71.4 Å². The number of halogens is 1. The van der Waals surface area contributed by atoms with Crippen molar-refractivity contribution in [2.24, 2.45) is 0 Å². The lowest BCUT2D eigenvalue weighted by atomic mass is 10.2. The maximum absolute atomic E-state index is 12.5. The van der Waals surface area contributed by atoms with Crippen LogP contribution in [0.1, 0.15) is 56.5 Å². The van der Waals surface area contributed by atoms with Crippen LogP contribution in [0.5, 0.6) is 0 Å². The number of carbonyl (C=O) groups is 3. The second-order valence-corrected chi connectivity index (χ2v) is 11.7. The molecule has 244 valence electrons. The number of Topliss-reactive ketones (excluding diaryl/α,β-unsaturated/α-hetero) is 1. The van der Waals surface area contributed by atoms with E-state index in [0.717, 1.165) is 17.3 Å². The minimum Gasteiger partial charge on any atom is -0.444 e. The Kier molecular flexibility index (Phi) is 16.1. The number of aromatic nitrogens is 2. The summed E-state index contributed by atoms with van der Waals surface area (Å²) in [7, 11) is 1.96. The highest BCUT2D eigenvalue weighted by Crippen LogP contribution is 2.16. The number of likely N-dealkylation sites (N-methyl/N-ethyl adjacent to an activating group) is 1. The van der Waals surface area contributed by atoms with Crippen LogP contribution in [0.15, 0.2) is 42.6 Å². The number of imidazole rings is 1. The number of ketones is 1. The van der Waals surface area contributed by atoms with E-state index in [1.54, 1.807) is 17.2 Å². The number of nitrogens with one attached hydrogen (secondary N) is 1. The van der Waals surface area contributed by atoms with Gasteiger partial charge in [-0.1, -0.05) is 42.8 Å². The molecule has 44 heavy (non-hydrogen) atoms. The monoisotopic (exact) mass is 633 g/mol. The van der Waals surface area contributed by atoms with Crippen LogP contribution in [-0.2, 0) is 38.5 Å². The number of carbonyl (C=O) groups excluding carboxylic acids is 3. The Balaban J connectivity index is 0.000000639. The molecule has 2 aromatic rings. The van der Waals surface area contributed by atoms with E-state index < -0.39 is 11.7 Å². The Morgan fingerprint density at radius 2 is 1.80 bits per heavy atom. The number of hydrogen-bond donors (Lipinski definition) is 1. The second kappa shape index (κ2) is 19.2.